The predicted octanol–water partition coefficient (Wildman–Crippen LogP) is 8.39. The summed E-state index contributed by atoms with van der Waals surface area (Å²) in [5.41, 5.74) is 10.9. The van der Waals surface area contributed by atoms with Crippen LogP contribution < -0.4 is 0 Å². The van der Waals surface area contributed by atoms with Crippen LogP contribution in [0.2, 0.25) is 0 Å². The first-order valence-corrected chi connectivity index (χ1v) is 12.6. The summed E-state index contributed by atoms with van der Waals surface area (Å²) in [6.07, 6.45) is 0. The van der Waals surface area contributed by atoms with Crippen molar-refractivity contribution in [3.63, 3.8) is 0 Å². The normalized spacial score (nSPS) is 14.4. The Bertz CT molecular complexity index is 1510. The molecule has 0 N–H and O–H groups in total. The van der Waals surface area contributed by atoms with E-state index in [9.17, 15) is 0 Å². The first-order chi connectivity index (χ1) is 15.2. The largest absolute Gasteiger partial charge is 0.0726 e. The monoisotopic (exact) mass is 618 g/mol. The molecule has 31 heavy (non-hydrogen) atoms. The molecular weight excluding hydrogens is 602 g/mol. The Kier molecular flexibility index (Phi) is 3.81. The lowest BCUT2D eigenvalue weighted by Gasteiger charge is -2.30. The Morgan fingerprint density at radius 1 is 0.484 bits per heavy atom. The van der Waals surface area contributed by atoms with E-state index in [0.29, 0.717) is 0 Å². The van der Waals surface area contributed by atoms with E-state index in [1.165, 1.54) is 62.4 Å². The molecule has 2 aliphatic rings. The van der Waals surface area contributed by atoms with Gasteiger partial charge in [0.05, 0.1) is 5.41 Å². The average Bonchev–Trinajstić information content (AvgIpc) is 3.25. The van der Waals surface area contributed by atoms with Crippen LogP contribution in [-0.2, 0) is 5.41 Å². The van der Waals surface area contributed by atoms with Gasteiger partial charge in [-0.25, -0.2) is 0 Å². The molecule has 0 atom stereocenters. The molecule has 5 aromatic rings. The van der Waals surface area contributed by atoms with E-state index in [0.717, 1.165) is 0 Å². The summed E-state index contributed by atoms with van der Waals surface area (Å²) in [5.74, 6) is 0. The molecule has 0 nitrogen and oxygen atoms in total. The number of hydrogen-bond donors (Lipinski definition) is 0. The molecule has 0 bridgehead atoms. The van der Waals surface area contributed by atoms with Gasteiger partial charge < -0.3 is 0 Å². The molecule has 2 heteroatoms. The van der Waals surface area contributed by atoms with E-state index in [4.69, 9.17) is 0 Å². The van der Waals surface area contributed by atoms with Crippen molar-refractivity contribution < 1.29 is 0 Å². The maximum Gasteiger partial charge on any atom is 0.0726 e. The minimum absolute atomic E-state index is 0.261. The van der Waals surface area contributed by atoms with Crippen molar-refractivity contribution in [2.45, 2.75) is 5.41 Å². The summed E-state index contributed by atoms with van der Waals surface area (Å²) in [6.45, 7) is 0. The van der Waals surface area contributed by atoms with Gasteiger partial charge in [0.25, 0.3) is 0 Å². The Morgan fingerprint density at radius 3 is 1.87 bits per heavy atom. The zero-order valence-electron chi connectivity index (χ0n) is 16.5. The Morgan fingerprint density at radius 2 is 1.13 bits per heavy atom. The second-order valence-electron chi connectivity index (χ2n) is 8.38. The van der Waals surface area contributed by atoms with Crippen molar-refractivity contribution in [3.05, 3.63) is 126 Å². The molecule has 146 valence electrons. The highest BCUT2D eigenvalue weighted by Gasteiger charge is 2.52. The minimum Gasteiger partial charge on any atom is -0.0619 e. The van der Waals surface area contributed by atoms with Crippen molar-refractivity contribution in [1.82, 2.24) is 0 Å². The number of halogens is 2. The molecule has 1 spiro atoms. The van der Waals surface area contributed by atoms with Gasteiger partial charge in [-0.15, -0.1) is 0 Å². The summed E-state index contributed by atoms with van der Waals surface area (Å²) in [5, 5.41) is 2.65. The van der Waals surface area contributed by atoms with Crippen molar-refractivity contribution in [2.75, 3.05) is 0 Å². The fourth-order valence-electron chi connectivity index (χ4n) is 5.90. The topological polar surface area (TPSA) is 0 Å². The molecule has 0 saturated carbocycles. The summed E-state index contributed by atoms with van der Waals surface area (Å²) in [6, 6.07) is 36.5. The first-order valence-electron chi connectivity index (χ1n) is 10.4. The molecule has 0 unspecified atom stereocenters. The van der Waals surface area contributed by atoms with Gasteiger partial charge in [0.1, 0.15) is 0 Å². The average molecular weight is 618 g/mol. The van der Waals surface area contributed by atoms with Crippen LogP contribution in [0.5, 0.6) is 0 Å². The van der Waals surface area contributed by atoms with Gasteiger partial charge in [0.2, 0.25) is 0 Å². The summed E-state index contributed by atoms with van der Waals surface area (Å²) >= 11 is 4.92. The van der Waals surface area contributed by atoms with E-state index in [1.54, 1.807) is 0 Å². The molecule has 0 fully saturated rings. The van der Waals surface area contributed by atoms with Crippen molar-refractivity contribution in [3.8, 4) is 22.3 Å². The Balaban J connectivity index is 1.75. The first kappa shape index (κ1) is 18.4. The third-order valence-corrected chi connectivity index (χ3v) is 8.34. The van der Waals surface area contributed by atoms with E-state index >= 15 is 0 Å². The van der Waals surface area contributed by atoms with Crippen LogP contribution in [0.1, 0.15) is 22.3 Å². The van der Waals surface area contributed by atoms with Crippen LogP contribution in [0.3, 0.4) is 0 Å². The molecule has 0 aromatic heterocycles. The fourth-order valence-corrected chi connectivity index (χ4v) is 6.88. The summed E-state index contributed by atoms with van der Waals surface area (Å²) in [4.78, 5) is 0. The van der Waals surface area contributed by atoms with Crippen LogP contribution in [0.15, 0.2) is 97.1 Å². The standard InChI is InChI=1S/C29H16I2/c30-18-10-12-21-22-13-11-19(31)16-27(22)29(26(21)15-18)24-8-4-3-7-23(24)28-20-6-2-1-5-17(20)9-14-25(28)29/h1-16H. The van der Waals surface area contributed by atoms with Gasteiger partial charge in [0, 0.05) is 7.14 Å². The lowest BCUT2D eigenvalue weighted by atomic mass is 9.70. The van der Waals surface area contributed by atoms with Crippen LogP contribution in [0.4, 0.5) is 0 Å². The highest BCUT2D eigenvalue weighted by Crippen LogP contribution is 2.63. The smallest absolute Gasteiger partial charge is 0.0619 e. The van der Waals surface area contributed by atoms with Crippen LogP contribution in [0.25, 0.3) is 33.0 Å². The predicted molar refractivity (Wildman–Crippen MR) is 146 cm³/mol. The summed E-state index contributed by atoms with van der Waals surface area (Å²) in [7, 11) is 0. The van der Waals surface area contributed by atoms with E-state index < -0.39 is 0 Å². The van der Waals surface area contributed by atoms with Gasteiger partial charge in [-0.1, -0.05) is 72.8 Å². The lowest BCUT2D eigenvalue weighted by Crippen LogP contribution is -2.26. The number of benzene rings is 5. The Labute approximate surface area is 208 Å². The number of rotatable bonds is 0. The minimum atomic E-state index is -0.261. The second-order valence-corrected chi connectivity index (χ2v) is 10.9. The quantitative estimate of drug-likeness (QED) is 0.150. The van der Waals surface area contributed by atoms with Crippen LogP contribution in [0, 0.1) is 7.14 Å². The zero-order valence-corrected chi connectivity index (χ0v) is 20.8. The maximum atomic E-state index is 2.46. The third-order valence-electron chi connectivity index (χ3n) is 6.99. The van der Waals surface area contributed by atoms with E-state index in [-0.39, 0.29) is 5.41 Å². The second kappa shape index (κ2) is 6.42. The highest BCUT2D eigenvalue weighted by molar-refractivity contribution is 14.1. The lowest BCUT2D eigenvalue weighted by molar-refractivity contribution is 0.793. The van der Waals surface area contributed by atoms with Crippen molar-refractivity contribution >= 4 is 56.0 Å². The zero-order chi connectivity index (χ0) is 20.7. The van der Waals surface area contributed by atoms with Crippen molar-refractivity contribution in [1.29, 1.82) is 0 Å². The highest BCUT2D eigenvalue weighted by atomic mass is 127. The Hall–Kier alpha value is -2.18. The molecule has 0 heterocycles. The molecule has 2 aliphatic carbocycles. The summed E-state index contributed by atoms with van der Waals surface area (Å²) < 4.78 is 2.56. The fraction of sp³-hybridized carbons (Fsp3) is 0.0345. The number of fused-ring (bicyclic) bond motifs is 12. The van der Waals surface area contributed by atoms with Gasteiger partial charge in [0.15, 0.2) is 0 Å². The van der Waals surface area contributed by atoms with Crippen LogP contribution >= 0.6 is 45.2 Å². The maximum absolute atomic E-state index is 2.46. The molecule has 0 saturated heterocycles. The molecule has 0 amide bonds. The van der Waals surface area contributed by atoms with Gasteiger partial charge in [-0.3, -0.25) is 0 Å². The van der Waals surface area contributed by atoms with Crippen molar-refractivity contribution in [2.24, 2.45) is 0 Å². The van der Waals surface area contributed by atoms with E-state index in [2.05, 4.69) is 142 Å². The molecule has 0 aliphatic heterocycles. The SMILES string of the molecule is Ic1ccc2c(c1)C1(c3cc(I)ccc3-2)c2ccccc2-c2c1ccc1ccccc21. The number of hydrogen-bond acceptors (Lipinski definition) is 0. The van der Waals surface area contributed by atoms with Gasteiger partial charge in [-0.2, -0.15) is 0 Å². The van der Waals surface area contributed by atoms with Gasteiger partial charge in [-0.05, 0) is 125 Å². The molecule has 5 aromatic carbocycles. The molecular formula is C29H16I2. The van der Waals surface area contributed by atoms with Gasteiger partial charge >= 0.3 is 0 Å². The third kappa shape index (κ3) is 2.25. The molecule has 0 radical (unpaired) electrons. The van der Waals surface area contributed by atoms with E-state index in [1.807, 2.05) is 0 Å². The molecule has 7 rings (SSSR count). The van der Waals surface area contributed by atoms with Crippen LogP contribution in [-0.4, -0.2) is 0 Å².